The largest absolute Gasteiger partial charge is 0.462 e. The van der Waals surface area contributed by atoms with E-state index in [9.17, 15) is 4.79 Å². The highest BCUT2D eigenvalue weighted by molar-refractivity contribution is 5.90. The van der Waals surface area contributed by atoms with E-state index in [1.165, 1.54) is 6.20 Å². The van der Waals surface area contributed by atoms with Crippen molar-refractivity contribution in [3.05, 3.63) is 35.4 Å². The topological polar surface area (TPSA) is 81.9 Å². The SMILES string of the molecule is CCOC(=O)c1cnc(NC(C)c2ccn(C)n2)nc1C. The summed E-state index contributed by atoms with van der Waals surface area (Å²) in [6.07, 6.45) is 3.36. The number of aryl methyl sites for hydroxylation is 2. The Hall–Kier alpha value is -2.44. The van der Waals surface area contributed by atoms with Crippen molar-refractivity contribution < 1.29 is 9.53 Å². The van der Waals surface area contributed by atoms with Gasteiger partial charge in [0.05, 0.1) is 29.6 Å². The lowest BCUT2D eigenvalue weighted by Crippen LogP contribution is -2.13. The molecule has 7 heteroatoms. The molecule has 0 saturated heterocycles. The standard InChI is InChI=1S/C14H19N5O2/c1-5-21-13(20)11-8-15-14(16-9(11)2)17-10(3)12-6-7-19(4)18-12/h6-8,10H,5H2,1-4H3,(H,15,16,17). The molecular formula is C14H19N5O2. The molecule has 0 radical (unpaired) electrons. The van der Waals surface area contributed by atoms with E-state index in [0.717, 1.165) is 5.69 Å². The molecule has 7 nitrogen and oxygen atoms in total. The highest BCUT2D eigenvalue weighted by Crippen LogP contribution is 2.16. The van der Waals surface area contributed by atoms with Crippen molar-refractivity contribution >= 4 is 11.9 Å². The number of carbonyl (C=O) groups is 1. The Kier molecular flexibility index (Phi) is 4.52. The predicted octanol–water partition coefficient (Wildman–Crippen LogP) is 1.87. The molecule has 112 valence electrons. The van der Waals surface area contributed by atoms with Gasteiger partial charge in [-0.1, -0.05) is 0 Å². The average molecular weight is 289 g/mol. The first-order chi connectivity index (χ1) is 10.0. The summed E-state index contributed by atoms with van der Waals surface area (Å²) in [4.78, 5) is 20.1. The van der Waals surface area contributed by atoms with Crippen molar-refractivity contribution in [3.63, 3.8) is 0 Å². The zero-order valence-electron chi connectivity index (χ0n) is 12.6. The minimum Gasteiger partial charge on any atom is -0.462 e. The molecule has 0 saturated carbocycles. The fourth-order valence-corrected chi connectivity index (χ4v) is 1.88. The third kappa shape index (κ3) is 3.56. The highest BCUT2D eigenvalue weighted by atomic mass is 16.5. The molecule has 1 atom stereocenters. The molecule has 0 aromatic carbocycles. The van der Waals surface area contributed by atoms with E-state index in [0.29, 0.717) is 23.8 Å². The number of carbonyl (C=O) groups excluding carboxylic acids is 1. The molecule has 2 heterocycles. The van der Waals surface area contributed by atoms with Gasteiger partial charge in [0.25, 0.3) is 0 Å². The second-order valence-electron chi connectivity index (χ2n) is 4.69. The van der Waals surface area contributed by atoms with E-state index in [1.807, 2.05) is 26.2 Å². The van der Waals surface area contributed by atoms with Crippen LogP contribution < -0.4 is 5.32 Å². The Morgan fingerprint density at radius 2 is 2.29 bits per heavy atom. The van der Waals surface area contributed by atoms with Gasteiger partial charge in [-0.3, -0.25) is 4.68 Å². The van der Waals surface area contributed by atoms with Crippen LogP contribution >= 0.6 is 0 Å². The molecule has 0 aliphatic carbocycles. The summed E-state index contributed by atoms with van der Waals surface area (Å²) in [5, 5.41) is 7.48. The maximum absolute atomic E-state index is 11.7. The quantitative estimate of drug-likeness (QED) is 0.846. The van der Waals surface area contributed by atoms with E-state index < -0.39 is 5.97 Å². The minimum atomic E-state index is -0.403. The summed E-state index contributed by atoms with van der Waals surface area (Å²) >= 11 is 0. The van der Waals surface area contributed by atoms with E-state index in [4.69, 9.17) is 4.74 Å². The van der Waals surface area contributed by atoms with Crippen molar-refractivity contribution in [2.24, 2.45) is 7.05 Å². The Morgan fingerprint density at radius 1 is 1.52 bits per heavy atom. The molecule has 21 heavy (non-hydrogen) atoms. The maximum Gasteiger partial charge on any atom is 0.341 e. The van der Waals surface area contributed by atoms with Gasteiger partial charge in [0.2, 0.25) is 5.95 Å². The first-order valence-electron chi connectivity index (χ1n) is 6.78. The van der Waals surface area contributed by atoms with Crippen molar-refractivity contribution in [1.82, 2.24) is 19.7 Å². The molecule has 0 aliphatic heterocycles. The van der Waals surface area contributed by atoms with Crippen molar-refractivity contribution in [2.75, 3.05) is 11.9 Å². The normalized spacial score (nSPS) is 12.0. The second-order valence-corrected chi connectivity index (χ2v) is 4.69. The molecule has 2 aromatic heterocycles. The monoisotopic (exact) mass is 289 g/mol. The smallest absolute Gasteiger partial charge is 0.341 e. The summed E-state index contributed by atoms with van der Waals surface area (Å²) in [7, 11) is 1.87. The zero-order valence-corrected chi connectivity index (χ0v) is 12.6. The van der Waals surface area contributed by atoms with E-state index >= 15 is 0 Å². The molecular weight excluding hydrogens is 270 g/mol. The van der Waals surface area contributed by atoms with Gasteiger partial charge in [-0.05, 0) is 26.8 Å². The van der Waals surface area contributed by atoms with Crippen LogP contribution in [-0.2, 0) is 11.8 Å². The average Bonchev–Trinajstić information content (AvgIpc) is 2.86. The lowest BCUT2D eigenvalue weighted by Gasteiger charge is -2.12. The second kappa shape index (κ2) is 6.34. The lowest BCUT2D eigenvalue weighted by atomic mass is 10.2. The van der Waals surface area contributed by atoms with Gasteiger partial charge in [-0.25, -0.2) is 14.8 Å². The first-order valence-corrected chi connectivity index (χ1v) is 6.78. The zero-order chi connectivity index (χ0) is 15.4. The van der Waals surface area contributed by atoms with Crippen LogP contribution in [0.15, 0.2) is 18.5 Å². The van der Waals surface area contributed by atoms with E-state index in [1.54, 1.807) is 18.5 Å². The van der Waals surface area contributed by atoms with Crippen LogP contribution in [0.1, 0.15) is 41.6 Å². The van der Waals surface area contributed by atoms with Crippen molar-refractivity contribution in [3.8, 4) is 0 Å². The first kappa shape index (κ1) is 15.0. The summed E-state index contributed by atoms with van der Waals surface area (Å²) < 4.78 is 6.69. The Bertz CT molecular complexity index is 638. The van der Waals surface area contributed by atoms with Gasteiger partial charge in [0, 0.05) is 19.4 Å². The van der Waals surface area contributed by atoms with Gasteiger partial charge in [0.1, 0.15) is 0 Å². The maximum atomic E-state index is 11.7. The van der Waals surface area contributed by atoms with Gasteiger partial charge in [-0.2, -0.15) is 5.10 Å². The lowest BCUT2D eigenvalue weighted by molar-refractivity contribution is 0.0524. The molecule has 0 spiro atoms. The number of esters is 1. The number of nitrogens with one attached hydrogen (secondary N) is 1. The van der Waals surface area contributed by atoms with Crippen LogP contribution in [0.2, 0.25) is 0 Å². The summed E-state index contributed by atoms with van der Waals surface area (Å²) in [5.74, 6) is 0.0537. The number of aromatic nitrogens is 4. The number of hydrogen-bond donors (Lipinski definition) is 1. The number of rotatable bonds is 5. The van der Waals surface area contributed by atoms with Crippen LogP contribution in [0.25, 0.3) is 0 Å². The van der Waals surface area contributed by atoms with Gasteiger partial charge in [0.15, 0.2) is 0 Å². The minimum absolute atomic E-state index is 0.0287. The Labute approximate surface area is 123 Å². The fraction of sp³-hybridized carbons (Fsp3) is 0.429. The Morgan fingerprint density at radius 3 is 2.86 bits per heavy atom. The van der Waals surface area contributed by atoms with Crippen LogP contribution in [0.4, 0.5) is 5.95 Å². The molecule has 1 N–H and O–H groups in total. The Balaban J connectivity index is 2.11. The highest BCUT2D eigenvalue weighted by Gasteiger charge is 2.14. The number of ether oxygens (including phenoxy) is 1. The molecule has 0 fully saturated rings. The molecule has 1 unspecified atom stereocenters. The molecule has 2 rings (SSSR count). The van der Waals surface area contributed by atoms with Crippen LogP contribution in [0.5, 0.6) is 0 Å². The summed E-state index contributed by atoms with van der Waals surface area (Å²) in [5.41, 5.74) is 1.86. The molecule has 0 aliphatic rings. The van der Waals surface area contributed by atoms with Crippen LogP contribution in [-0.4, -0.2) is 32.3 Å². The third-order valence-electron chi connectivity index (χ3n) is 3.00. The van der Waals surface area contributed by atoms with E-state index in [2.05, 4.69) is 20.4 Å². The van der Waals surface area contributed by atoms with Crippen LogP contribution in [0.3, 0.4) is 0 Å². The third-order valence-corrected chi connectivity index (χ3v) is 3.00. The summed E-state index contributed by atoms with van der Waals surface area (Å²) in [6, 6.07) is 1.90. The molecule has 2 aromatic rings. The molecule has 0 bridgehead atoms. The van der Waals surface area contributed by atoms with Gasteiger partial charge < -0.3 is 10.1 Å². The number of anilines is 1. The number of hydrogen-bond acceptors (Lipinski definition) is 6. The number of nitrogens with zero attached hydrogens (tertiary/aromatic N) is 4. The summed E-state index contributed by atoms with van der Waals surface area (Å²) in [6.45, 7) is 5.82. The van der Waals surface area contributed by atoms with E-state index in [-0.39, 0.29) is 6.04 Å². The van der Waals surface area contributed by atoms with Crippen molar-refractivity contribution in [2.45, 2.75) is 26.8 Å². The van der Waals surface area contributed by atoms with Gasteiger partial charge >= 0.3 is 5.97 Å². The predicted molar refractivity (Wildman–Crippen MR) is 78.0 cm³/mol. The van der Waals surface area contributed by atoms with Crippen molar-refractivity contribution in [1.29, 1.82) is 0 Å². The molecule has 0 amide bonds. The van der Waals surface area contributed by atoms with Crippen LogP contribution in [0, 0.1) is 6.92 Å². The fourth-order valence-electron chi connectivity index (χ4n) is 1.88. The van der Waals surface area contributed by atoms with Gasteiger partial charge in [-0.15, -0.1) is 0 Å².